The number of carboxylic acid groups (broad SMARTS) is 1. The van der Waals surface area contributed by atoms with E-state index in [1.54, 1.807) is 7.11 Å². The predicted molar refractivity (Wildman–Crippen MR) is 216 cm³/mol. The quantitative estimate of drug-likeness (QED) is 0.122. The molecule has 0 spiro atoms. The van der Waals surface area contributed by atoms with Crippen molar-refractivity contribution < 1.29 is 37.3 Å². The van der Waals surface area contributed by atoms with Crippen LogP contribution in [0.15, 0.2) is 60.7 Å². The number of aromatic nitrogens is 1. The van der Waals surface area contributed by atoms with E-state index >= 15 is 0 Å². The molecule has 9 rings (SSSR count). The smallest absolute Gasteiger partial charge is 0.418 e. The molecular weight excluding hydrogens is 769 g/mol. The summed E-state index contributed by atoms with van der Waals surface area (Å²) in [4.78, 5) is 30.6. The van der Waals surface area contributed by atoms with Gasteiger partial charge in [0.1, 0.15) is 5.75 Å². The summed E-state index contributed by atoms with van der Waals surface area (Å²) in [5.41, 5.74) is 4.69. The molecule has 3 aliphatic heterocycles. The number of carbonyl (C=O) groups excluding carboxylic acids is 1. The summed E-state index contributed by atoms with van der Waals surface area (Å²) >= 11 is 7.18. The van der Waals surface area contributed by atoms with Crippen molar-refractivity contribution in [2.75, 3.05) is 26.1 Å². The van der Waals surface area contributed by atoms with Gasteiger partial charge in [-0.2, -0.15) is 13.2 Å². The zero-order valence-corrected chi connectivity index (χ0v) is 33.4. The molecule has 1 aromatic heterocycles. The Morgan fingerprint density at radius 1 is 0.983 bits per heavy atom. The molecule has 0 unspecified atom stereocenters. The van der Waals surface area contributed by atoms with E-state index in [0.717, 1.165) is 59.1 Å². The van der Waals surface area contributed by atoms with Gasteiger partial charge in [-0.05, 0) is 93.0 Å². The van der Waals surface area contributed by atoms with Crippen LogP contribution >= 0.6 is 11.6 Å². The number of piperidine rings is 2. The molecule has 0 radical (unpaired) electrons. The van der Waals surface area contributed by atoms with Crippen LogP contribution in [0.4, 0.5) is 18.9 Å². The molecule has 3 aromatic carbocycles. The van der Waals surface area contributed by atoms with E-state index in [1.165, 1.54) is 19.2 Å². The van der Waals surface area contributed by atoms with Crippen molar-refractivity contribution >= 4 is 29.2 Å². The molecule has 4 fully saturated rings. The number of carbonyl (C=O) groups is 2. The predicted octanol–water partition coefficient (Wildman–Crippen LogP) is 9.63. The van der Waals surface area contributed by atoms with Gasteiger partial charge in [0.2, 0.25) is 11.8 Å². The van der Waals surface area contributed by atoms with Crippen molar-refractivity contribution in [1.82, 2.24) is 15.2 Å². The lowest BCUT2D eigenvalue weighted by molar-refractivity contribution is -0.160. The summed E-state index contributed by atoms with van der Waals surface area (Å²) in [5, 5.41) is 16.8. The molecule has 4 aromatic rings. The van der Waals surface area contributed by atoms with Gasteiger partial charge in [-0.1, -0.05) is 54.1 Å². The summed E-state index contributed by atoms with van der Waals surface area (Å²) in [6.45, 7) is 0.489. The van der Waals surface area contributed by atoms with E-state index in [2.05, 4.69) is 10.6 Å². The Kier molecular flexibility index (Phi) is 11.1. The van der Waals surface area contributed by atoms with E-state index in [0.29, 0.717) is 79.4 Å². The molecule has 13 heteroatoms. The number of carboxylic acids is 1. The van der Waals surface area contributed by atoms with Crippen molar-refractivity contribution in [2.24, 2.45) is 5.41 Å². The van der Waals surface area contributed by atoms with Crippen molar-refractivity contribution in [1.29, 1.82) is 0 Å². The van der Waals surface area contributed by atoms with Gasteiger partial charge in [-0.3, -0.25) is 14.5 Å². The SMILES string of the molecule is COc1cc(N[C@H]2CCc3c(-c4cccc(-c5ccc(CCC[C@@H]6CCC(=O)N6)c(OC)n5)c4Cl)cccc32)c(C(F)(F)F)cc1CN1CC2(C(=O)O)CCC1CC2. The monoisotopic (exact) mass is 816 g/mol. The van der Waals surface area contributed by atoms with E-state index < -0.39 is 29.2 Å². The van der Waals surface area contributed by atoms with E-state index in [1.807, 2.05) is 53.4 Å². The molecule has 9 nitrogen and oxygen atoms in total. The summed E-state index contributed by atoms with van der Waals surface area (Å²) < 4.78 is 55.8. The fourth-order valence-corrected chi connectivity index (χ4v) is 10.1. The summed E-state index contributed by atoms with van der Waals surface area (Å²) in [5.74, 6) is 0.129. The molecule has 2 atom stereocenters. The molecule has 306 valence electrons. The third-order valence-corrected chi connectivity index (χ3v) is 13.3. The van der Waals surface area contributed by atoms with Crippen LogP contribution in [-0.4, -0.2) is 59.7 Å². The maximum atomic E-state index is 14.8. The number of pyridine rings is 1. The van der Waals surface area contributed by atoms with Gasteiger partial charge < -0.3 is 25.2 Å². The van der Waals surface area contributed by atoms with E-state index in [4.69, 9.17) is 26.1 Å². The summed E-state index contributed by atoms with van der Waals surface area (Å²) in [6, 6.07) is 18.2. The first-order chi connectivity index (χ1) is 27.9. The standard InChI is InChI=1S/C45H48ClF3N4O5/c1-57-39-23-38(35(45(47,48)49)22-27(39)24-53-25-44(43(55)56)20-18-29(53)19-21-44)51-36-16-14-31-30(8-4-9-32(31)36)33-10-5-11-34(41(33)46)37-15-12-26(42(52-37)58-2)6-3-7-28-13-17-40(54)50-28/h4-5,8-12,15,22-23,28-29,36,51H,3,6-7,13-14,16-21,24-25H2,1-2H3,(H,50,54)(H,55,56)/t28-,29?,36+,44?/m1/s1. The van der Waals surface area contributed by atoms with Gasteiger partial charge in [0.05, 0.1) is 47.6 Å². The van der Waals surface area contributed by atoms with Crippen LogP contribution in [0.25, 0.3) is 22.4 Å². The Hall–Kier alpha value is -4.81. The third-order valence-electron chi connectivity index (χ3n) is 12.9. The minimum atomic E-state index is -4.65. The maximum absolute atomic E-state index is 14.8. The number of methoxy groups -OCH3 is 2. The average molecular weight is 817 g/mol. The van der Waals surface area contributed by atoms with Gasteiger partial charge in [-0.25, -0.2) is 4.98 Å². The van der Waals surface area contributed by atoms with E-state index in [9.17, 15) is 27.9 Å². The van der Waals surface area contributed by atoms with Crippen LogP contribution < -0.4 is 20.1 Å². The van der Waals surface area contributed by atoms with Crippen molar-refractivity contribution in [3.8, 4) is 34.0 Å². The Balaban J connectivity index is 1.03. The second-order valence-corrected chi connectivity index (χ2v) is 16.6. The van der Waals surface area contributed by atoms with Crippen molar-refractivity contribution in [3.63, 3.8) is 0 Å². The first kappa shape index (κ1) is 40.0. The van der Waals surface area contributed by atoms with Crippen LogP contribution in [0.3, 0.4) is 0 Å². The lowest BCUT2D eigenvalue weighted by Crippen LogP contribution is -2.56. The number of rotatable bonds is 13. The topological polar surface area (TPSA) is 113 Å². The van der Waals surface area contributed by atoms with Gasteiger partial charge in [0, 0.05) is 59.9 Å². The number of fused-ring (bicyclic) bond motifs is 4. The number of hydrogen-bond acceptors (Lipinski definition) is 7. The van der Waals surface area contributed by atoms with E-state index in [-0.39, 0.29) is 30.2 Å². The average Bonchev–Trinajstić information content (AvgIpc) is 3.83. The first-order valence-corrected chi connectivity index (χ1v) is 20.5. The zero-order chi connectivity index (χ0) is 40.8. The number of aryl methyl sites for hydroxylation is 1. The zero-order valence-electron chi connectivity index (χ0n) is 32.7. The number of hydrogen-bond donors (Lipinski definition) is 3. The molecular formula is C45H48ClF3N4O5. The normalized spacial score (nSPS) is 22.8. The number of alkyl halides is 3. The molecule has 4 heterocycles. The Bertz CT molecular complexity index is 2220. The maximum Gasteiger partial charge on any atom is 0.418 e. The highest BCUT2D eigenvalue weighted by Gasteiger charge is 2.50. The number of nitrogens with zero attached hydrogens (tertiary/aromatic N) is 2. The Labute approximate surface area is 341 Å². The minimum Gasteiger partial charge on any atom is -0.496 e. The van der Waals surface area contributed by atoms with Crippen LogP contribution in [0.2, 0.25) is 5.02 Å². The Morgan fingerprint density at radius 2 is 1.74 bits per heavy atom. The van der Waals surface area contributed by atoms with Crippen LogP contribution in [0.1, 0.15) is 91.6 Å². The Morgan fingerprint density at radius 3 is 2.45 bits per heavy atom. The number of amides is 1. The van der Waals surface area contributed by atoms with Gasteiger partial charge >= 0.3 is 12.1 Å². The highest BCUT2D eigenvalue weighted by atomic mass is 35.5. The van der Waals surface area contributed by atoms with Crippen LogP contribution in [0, 0.1) is 5.41 Å². The lowest BCUT2D eigenvalue weighted by atomic mass is 9.67. The molecule has 5 aliphatic rings. The van der Waals surface area contributed by atoms with Crippen LogP contribution in [-0.2, 0) is 35.2 Å². The van der Waals surface area contributed by atoms with Gasteiger partial charge in [-0.15, -0.1) is 0 Å². The number of nitrogens with one attached hydrogen (secondary N) is 2. The molecule has 1 amide bonds. The minimum absolute atomic E-state index is 0.0627. The molecule has 2 aliphatic carbocycles. The number of halogens is 4. The fourth-order valence-electron chi connectivity index (χ4n) is 9.77. The molecule has 3 saturated heterocycles. The lowest BCUT2D eigenvalue weighted by Gasteiger charge is -2.50. The molecule has 1 saturated carbocycles. The largest absolute Gasteiger partial charge is 0.496 e. The highest BCUT2D eigenvalue weighted by Crippen LogP contribution is 2.48. The molecule has 58 heavy (non-hydrogen) atoms. The van der Waals surface area contributed by atoms with Crippen LogP contribution in [0.5, 0.6) is 11.6 Å². The second-order valence-electron chi connectivity index (χ2n) is 16.3. The number of anilines is 1. The number of ether oxygens (including phenoxy) is 2. The van der Waals surface area contributed by atoms with Gasteiger partial charge in [0.25, 0.3) is 0 Å². The van der Waals surface area contributed by atoms with Gasteiger partial charge in [0.15, 0.2) is 0 Å². The number of benzene rings is 3. The molecule has 2 bridgehead atoms. The highest BCUT2D eigenvalue weighted by molar-refractivity contribution is 6.36. The first-order valence-electron chi connectivity index (χ1n) is 20.1. The summed E-state index contributed by atoms with van der Waals surface area (Å²) in [6.07, 6.45) is 3.15. The number of aliphatic carboxylic acids is 1. The second kappa shape index (κ2) is 16.1. The van der Waals surface area contributed by atoms with Crippen molar-refractivity contribution in [2.45, 2.75) is 101 Å². The van der Waals surface area contributed by atoms with Crippen molar-refractivity contribution in [3.05, 3.63) is 93.5 Å². The molecule has 3 N–H and O–H groups in total. The fraction of sp³-hybridized carbons (Fsp3) is 0.444. The summed E-state index contributed by atoms with van der Waals surface area (Å²) in [7, 11) is 3.05. The third kappa shape index (κ3) is 7.73.